The van der Waals surface area contributed by atoms with Crippen LogP contribution < -0.4 is 20.7 Å². The molecule has 0 aliphatic heterocycles. The number of terminal acetylenes is 1. The van der Waals surface area contributed by atoms with Crippen molar-refractivity contribution in [3.63, 3.8) is 0 Å². The van der Waals surface area contributed by atoms with Crippen molar-refractivity contribution in [3.8, 4) is 18.1 Å². The van der Waals surface area contributed by atoms with Gasteiger partial charge in [0.25, 0.3) is 5.91 Å². The summed E-state index contributed by atoms with van der Waals surface area (Å²) in [5.41, 5.74) is 1.59. The molecule has 1 fully saturated rings. The topological polar surface area (TPSA) is 96.5 Å². The van der Waals surface area contributed by atoms with E-state index >= 15 is 0 Å². The number of nitrogens with one attached hydrogen (secondary N) is 3. The second-order valence-corrected chi connectivity index (χ2v) is 7.97. The molecule has 8 heteroatoms. The minimum atomic E-state index is -0.818. The second kappa shape index (κ2) is 9.67. The Labute approximate surface area is 189 Å². The number of benzene rings is 2. The van der Waals surface area contributed by atoms with Gasteiger partial charge in [-0.1, -0.05) is 30.2 Å². The zero-order valence-corrected chi connectivity index (χ0v) is 18.5. The van der Waals surface area contributed by atoms with Crippen molar-refractivity contribution in [2.24, 2.45) is 0 Å². The number of carbonyl (C=O) groups is 3. The normalized spacial score (nSPS) is 13.5. The fourth-order valence-corrected chi connectivity index (χ4v) is 3.76. The molecule has 0 bridgehead atoms. The first-order valence-electron chi connectivity index (χ1n) is 9.64. The van der Waals surface area contributed by atoms with Gasteiger partial charge < -0.3 is 20.7 Å². The zero-order valence-electron chi connectivity index (χ0n) is 17.0. The summed E-state index contributed by atoms with van der Waals surface area (Å²) in [6.07, 6.45) is 6.72. The van der Waals surface area contributed by atoms with Gasteiger partial charge in [0.2, 0.25) is 0 Å². The highest BCUT2D eigenvalue weighted by Gasteiger charge is 2.46. The average molecular weight is 484 g/mol. The average Bonchev–Trinajstić information content (AvgIpc) is 3.56. The number of hydrogen-bond donors (Lipinski definition) is 3. The first-order chi connectivity index (χ1) is 14.9. The van der Waals surface area contributed by atoms with Gasteiger partial charge >= 0.3 is 11.8 Å². The van der Waals surface area contributed by atoms with Crippen molar-refractivity contribution in [2.75, 3.05) is 13.7 Å². The van der Waals surface area contributed by atoms with E-state index in [4.69, 9.17) is 11.2 Å². The zero-order chi connectivity index (χ0) is 22.4. The van der Waals surface area contributed by atoms with Crippen LogP contribution in [0.4, 0.5) is 0 Å². The Bertz CT molecular complexity index is 1060. The quantitative estimate of drug-likeness (QED) is 0.415. The molecule has 160 valence electrons. The molecule has 3 N–H and O–H groups in total. The third-order valence-corrected chi connectivity index (χ3v) is 5.69. The molecule has 0 saturated heterocycles. The molecule has 0 radical (unpaired) electrons. The molecule has 0 aromatic heterocycles. The van der Waals surface area contributed by atoms with E-state index in [1.807, 2.05) is 18.2 Å². The lowest BCUT2D eigenvalue weighted by atomic mass is 10.0. The summed E-state index contributed by atoms with van der Waals surface area (Å²) >= 11 is 3.49. The lowest BCUT2D eigenvalue weighted by Gasteiger charge is -2.20. The molecule has 0 unspecified atom stereocenters. The van der Waals surface area contributed by atoms with E-state index < -0.39 is 17.4 Å². The van der Waals surface area contributed by atoms with E-state index in [2.05, 4.69) is 37.8 Å². The van der Waals surface area contributed by atoms with Crippen molar-refractivity contribution in [1.82, 2.24) is 16.0 Å². The van der Waals surface area contributed by atoms with Crippen molar-refractivity contribution in [2.45, 2.75) is 24.9 Å². The van der Waals surface area contributed by atoms with E-state index in [9.17, 15) is 14.4 Å². The third-order valence-electron chi connectivity index (χ3n) is 5.07. The third kappa shape index (κ3) is 5.25. The van der Waals surface area contributed by atoms with E-state index in [1.165, 1.54) is 0 Å². The number of methoxy groups -OCH3 is 1. The first kappa shape index (κ1) is 22.4. The molecule has 1 aliphatic carbocycles. The SMILES string of the molecule is C#CCNC(=O)C(=O)NCc1ccccc1C(=O)NC1(c2ccc(OC)c(Br)c2)CC1. The summed E-state index contributed by atoms with van der Waals surface area (Å²) in [5, 5.41) is 7.94. The van der Waals surface area contributed by atoms with Crippen molar-refractivity contribution in [1.29, 1.82) is 0 Å². The molecular weight excluding hydrogens is 462 g/mol. The Kier molecular flexibility index (Phi) is 6.98. The van der Waals surface area contributed by atoms with Crippen molar-refractivity contribution >= 4 is 33.7 Å². The summed E-state index contributed by atoms with van der Waals surface area (Å²) in [6.45, 7) is 0.00177. The molecule has 0 heterocycles. The highest BCUT2D eigenvalue weighted by Crippen LogP contribution is 2.47. The fraction of sp³-hybridized carbons (Fsp3) is 0.261. The maximum atomic E-state index is 13.1. The van der Waals surface area contributed by atoms with Gasteiger partial charge in [0, 0.05) is 12.1 Å². The van der Waals surface area contributed by atoms with Gasteiger partial charge in [-0.3, -0.25) is 14.4 Å². The van der Waals surface area contributed by atoms with E-state index in [-0.39, 0.29) is 19.0 Å². The van der Waals surface area contributed by atoms with Crippen LogP contribution in [0.25, 0.3) is 0 Å². The number of amides is 3. The van der Waals surface area contributed by atoms with Crippen LogP contribution in [0.1, 0.15) is 34.3 Å². The van der Waals surface area contributed by atoms with Crippen LogP contribution in [0.2, 0.25) is 0 Å². The van der Waals surface area contributed by atoms with Crippen LogP contribution in [0.3, 0.4) is 0 Å². The molecule has 3 amide bonds. The number of rotatable bonds is 7. The Balaban J connectivity index is 1.70. The predicted octanol–water partition coefficient (Wildman–Crippen LogP) is 2.24. The van der Waals surface area contributed by atoms with Crippen LogP contribution in [-0.2, 0) is 21.7 Å². The van der Waals surface area contributed by atoms with E-state index in [1.54, 1.807) is 31.4 Å². The maximum Gasteiger partial charge on any atom is 0.310 e. The summed E-state index contributed by atoms with van der Waals surface area (Å²) < 4.78 is 6.10. The summed E-state index contributed by atoms with van der Waals surface area (Å²) in [4.78, 5) is 36.6. The molecule has 2 aromatic carbocycles. The Morgan fingerprint density at radius 2 is 1.84 bits per heavy atom. The highest BCUT2D eigenvalue weighted by molar-refractivity contribution is 9.10. The van der Waals surface area contributed by atoms with Crippen molar-refractivity contribution < 1.29 is 19.1 Å². The summed E-state index contributed by atoms with van der Waals surface area (Å²) in [6, 6.07) is 12.7. The van der Waals surface area contributed by atoms with Crippen LogP contribution >= 0.6 is 15.9 Å². The molecular formula is C23H22BrN3O4. The van der Waals surface area contributed by atoms with Crippen LogP contribution in [-0.4, -0.2) is 31.4 Å². The van der Waals surface area contributed by atoms with Gasteiger partial charge in [-0.15, -0.1) is 6.42 Å². The van der Waals surface area contributed by atoms with Gasteiger partial charge in [-0.2, -0.15) is 0 Å². The van der Waals surface area contributed by atoms with Gasteiger partial charge in [-0.05, 0) is 58.1 Å². The smallest absolute Gasteiger partial charge is 0.310 e. The molecule has 1 saturated carbocycles. The van der Waals surface area contributed by atoms with Crippen LogP contribution in [0.15, 0.2) is 46.9 Å². The fourth-order valence-electron chi connectivity index (χ4n) is 3.22. The minimum Gasteiger partial charge on any atom is -0.496 e. The molecule has 31 heavy (non-hydrogen) atoms. The highest BCUT2D eigenvalue weighted by atomic mass is 79.9. The Hall–Kier alpha value is -3.31. The molecule has 3 rings (SSSR count). The minimum absolute atomic E-state index is 0.0329. The van der Waals surface area contributed by atoms with Gasteiger partial charge in [0.1, 0.15) is 5.75 Å². The lowest BCUT2D eigenvalue weighted by Crippen LogP contribution is -2.40. The molecule has 7 nitrogen and oxygen atoms in total. The standard InChI is InChI=1S/C23H22BrN3O4/c1-3-12-25-21(29)22(30)26-14-15-6-4-5-7-17(15)20(28)27-23(10-11-23)16-8-9-19(31-2)18(24)13-16/h1,4-9,13H,10-12,14H2,2H3,(H,25,29)(H,26,30)(H,27,28). The Morgan fingerprint density at radius 1 is 1.13 bits per heavy atom. The van der Waals surface area contributed by atoms with Crippen LogP contribution in [0, 0.1) is 12.3 Å². The number of carbonyl (C=O) groups excluding carboxylic acids is 3. The summed E-state index contributed by atoms with van der Waals surface area (Å²) in [7, 11) is 1.60. The lowest BCUT2D eigenvalue weighted by molar-refractivity contribution is -0.139. The van der Waals surface area contributed by atoms with E-state index in [0.29, 0.717) is 11.1 Å². The largest absolute Gasteiger partial charge is 0.496 e. The monoisotopic (exact) mass is 483 g/mol. The first-order valence-corrected chi connectivity index (χ1v) is 10.4. The molecule has 0 atom stereocenters. The number of halogens is 1. The van der Waals surface area contributed by atoms with Gasteiger partial charge in [0.15, 0.2) is 0 Å². The van der Waals surface area contributed by atoms with Gasteiger partial charge in [-0.25, -0.2) is 0 Å². The molecule has 0 spiro atoms. The molecule has 1 aliphatic rings. The Morgan fingerprint density at radius 3 is 2.48 bits per heavy atom. The van der Waals surface area contributed by atoms with Crippen LogP contribution in [0.5, 0.6) is 5.75 Å². The summed E-state index contributed by atoms with van der Waals surface area (Å²) in [5.74, 6) is 1.07. The number of ether oxygens (including phenoxy) is 1. The maximum absolute atomic E-state index is 13.1. The number of hydrogen-bond acceptors (Lipinski definition) is 4. The van der Waals surface area contributed by atoms with Gasteiger partial charge in [0.05, 0.1) is 23.7 Å². The van der Waals surface area contributed by atoms with E-state index in [0.717, 1.165) is 28.6 Å². The second-order valence-electron chi connectivity index (χ2n) is 7.11. The molecule has 2 aromatic rings. The van der Waals surface area contributed by atoms with Crippen molar-refractivity contribution in [3.05, 3.63) is 63.6 Å². The predicted molar refractivity (Wildman–Crippen MR) is 119 cm³/mol.